The molecule has 24 heavy (non-hydrogen) atoms. The van der Waals surface area contributed by atoms with Gasteiger partial charge in [-0.2, -0.15) is 0 Å². The molecule has 7 heteroatoms. The first kappa shape index (κ1) is 16.2. The van der Waals surface area contributed by atoms with Gasteiger partial charge in [-0.15, -0.1) is 0 Å². The Morgan fingerprint density at radius 2 is 1.71 bits per heavy atom. The molecule has 1 aromatic heterocycles. The summed E-state index contributed by atoms with van der Waals surface area (Å²) in [5, 5.41) is 0. The van der Waals surface area contributed by atoms with Gasteiger partial charge in [-0.05, 0) is 30.3 Å². The first-order chi connectivity index (χ1) is 11.5. The van der Waals surface area contributed by atoms with Crippen LogP contribution >= 0.6 is 0 Å². The molecule has 1 fully saturated rings. The summed E-state index contributed by atoms with van der Waals surface area (Å²) in [5.74, 6) is -2.38. The van der Waals surface area contributed by atoms with Crippen LogP contribution in [0.5, 0.6) is 0 Å². The Bertz CT molecular complexity index is 738. The van der Waals surface area contributed by atoms with E-state index in [2.05, 4.69) is 4.98 Å². The van der Waals surface area contributed by atoms with E-state index in [-0.39, 0.29) is 17.4 Å². The topological polar surface area (TPSA) is 56.4 Å². The Hall–Kier alpha value is -2.70. The van der Waals surface area contributed by atoms with Crippen LogP contribution in [0.25, 0.3) is 0 Å². The van der Waals surface area contributed by atoms with Crippen molar-refractivity contribution in [1.82, 2.24) is 14.8 Å². The molecule has 2 amide bonds. The molecule has 126 valence electrons. The van der Waals surface area contributed by atoms with Gasteiger partial charge in [0.1, 0.15) is 0 Å². The highest BCUT2D eigenvalue weighted by Crippen LogP contribution is 2.13. The lowest BCUT2D eigenvalue weighted by atomic mass is 10.1. The second-order valence-electron chi connectivity index (χ2n) is 5.67. The van der Waals surface area contributed by atoms with E-state index < -0.39 is 11.6 Å². The fraction of sp³-hybridized carbons (Fsp3) is 0.294. The van der Waals surface area contributed by atoms with Gasteiger partial charge in [0.15, 0.2) is 11.6 Å². The summed E-state index contributed by atoms with van der Waals surface area (Å²) in [6.07, 6.45) is 2.06. The zero-order valence-electron chi connectivity index (χ0n) is 13.0. The van der Waals surface area contributed by atoms with E-state index in [4.69, 9.17) is 0 Å². The maximum atomic E-state index is 13.3. The number of halogens is 2. The van der Waals surface area contributed by atoms with Crippen molar-refractivity contribution in [2.24, 2.45) is 0 Å². The molecular formula is C17H17F2N3O2. The molecule has 0 radical (unpaired) electrons. The van der Waals surface area contributed by atoms with Crippen LogP contribution in [0, 0.1) is 11.6 Å². The lowest BCUT2D eigenvalue weighted by Gasteiger charge is -2.34. The van der Waals surface area contributed by atoms with Gasteiger partial charge in [0, 0.05) is 43.6 Å². The van der Waals surface area contributed by atoms with E-state index >= 15 is 0 Å². The summed E-state index contributed by atoms with van der Waals surface area (Å²) in [7, 11) is 0. The molecule has 2 heterocycles. The van der Waals surface area contributed by atoms with E-state index in [1.807, 2.05) is 12.1 Å². The monoisotopic (exact) mass is 333 g/mol. The fourth-order valence-corrected chi connectivity index (χ4v) is 2.72. The van der Waals surface area contributed by atoms with Crippen LogP contribution in [0.4, 0.5) is 8.78 Å². The van der Waals surface area contributed by atoms with Crippen molar-refractivity contribution in [3.05, 3.63) is 59.4 Å². The number of benzene rings is 1. The number of hydrogen-bond donors (Lipinski definition) is 1. The van der Waals surface area contributed by atoms with Gasteiger partial charge in [0.25, 0.3) is 5.91 Å². The van der Waals surface area contributed by atoms with Crippen LogP contribution in [0.15, 0.2) is 36.5 Å². The molecule has 5 nitrogen and oxygen atoms in total. The molecule has 0 bridgehead atoms. The first-order valence-electron chi connectivity index (χ1n) is 7.69. The summed E-state index contributed by atoms with van der Waals surface area (Å²) in [5.41, 5.74) is 0.959. The highest BCUT2D eigenvalue weighted by atomic mass is 19.2. The quantitative estimate of drug-likeness (QED) is 0.931. The number of hydrogen-bond acceptors (Lipinski definition) is 2. The molecule has 0 saturated carbocycles. The number of piperazine rings is 1. The molecule has 3 rings (SSSR count). The van der Waals surface area contributed by atoms with Crippen molar-refractivity contribution in [2.75, 3.05) is 26.2 Å². The van der Waals surface area contributed by atoms with Gasteiger partial charge < -0.3 is 14.8 Å². The number of amides is 2. The van der Waals surface area contributed by atoms with Gasteiger partial charge in [-0.25, -0.2) is 8.78 Å². The van der Waals surface area contributed by atoms with Crippen LogP contribution in [-0.2, 0) is 11.2 Å². The number of nitrogens with zero attached hydrogens (tertiary/aromatic N) is 2. The number of aromatic amines is 1. The summed E-state index contributed by atoms with van der Waals surface area (Å²) >= 11 is 0. The molecule has 1 aliphatic rings. The van der Waals surface area contributed by atoms with E-state index in [0.717, 1.165) is 17.8 Å². The second-order valence-corrected chi connectivity index (χ2v) is 5.67. The van der Waals surface area contributed by atoms with Crippen LogP contribution in [0.1, 0.15) is 16.1 Å². The van der Waals surface area contributed by atoms with Crippen LogP contribution in [0.2, 0.25) is 0 Å². The van der Waals surface area contributed by atoms with Crippen LogP contribution in [0.3, 0.4) is 0 Å². The molecular weight excluding hydrogens is 316 g/mol. The Balaban J connectivity index is 1.57. The average molecular weight is 333 g/mol. The van der Waals surface area contributed by atoms with E-state index in [0.29, 0.717) is 32.6 Å². The fourth-order valence-electron chi connectivity index (χ4n) is 2.72. The highest BCUT2D eigenvalue weighted by molar-refractivity contribution is 5.94. The lowest BCUT2D eigenvalue weighted by molar-refractivity contribution is -0.132. The number of nitrogens with one attached hydrogen (secondary N) is 1. The van der Waals surface area contributed by atoms with Crippen molar-refractivity contribution < 1.29 is 18.4 Å². The second kappa shape index (κ2) is 6.82. The molecule has 0 spiro atoms. The Morgan fingerprint density at radius 1 is 1.00 bits per heavy atom. The standard InChI is InChI=1S/C17H17F2N3O2/c18-14-4-3-12(10-15(14)19)17(24)22-8-6-21(7-9-22)16(23)11-13-2-1-5-20-13/h1-5,10,20H,6-9,11H2. The van der Waals surface area contributed by atoms with E-state index in [9.17, 15) is 18.4 Å². The first-order valence-corrected chi connectivity index (χ1v) is 7.69. The van der Waals surface area contributed by atoms with Crippen LogP contribution in [-0.4, -0.2) is 52.8 Å². The Labute approximate surface area is 137 Å². The van der Waals surface area contributed by atoms with Gasteiger partial charge in [0.05, 0.1) is 6.42 Å². The van der Waals surface area contributed by atoms with Crippen molar-refractivity contribution in [3.8, 4) is 0 Å². The van der Waals surface area contributed by atoms with Crippen molar-refractivity contribution in [3.63, 3.8) is 0 Å². The third-order valence-corrected chi connectivity index (χ3v) is 4.09. The molecule has 0 aliphatic carbocycles. The zero-order chi connectivity index (χ0) is 17.1. The smallest absolute Gasteiger partial charge is 0.254 e. The molecule has 1 aliphatic heterocycles. The van der Waals surface area contributed by atoms with Crippen molar-refractivity contribution >= 4 is 11.8 Å². The lowest BCUT2D eigenvalue weighted by Crippen LogP contribution is -2.51. The summed E-state index contributed by atoms with van der Waals surface area (Å²) < 4.78 is 26.2. The van der Waals surface area contributed by atoms with E-state index in [1.54, 1.807) is 16.0 Å². The molecule has 2 aromatic rings. The predicted octanol–water partition coefficient (Wildman–Crippen LogP) is 1.82. The SMILES string of the molecule is O=C(Cc1ccc[nH]1)N1CCN(C(=O)c2ccc(F)c(F)c2)CC1. The maximum Gasteiger partial charge on any atom is 0.254 e. The normalized spacial score (nSPS) is 14.8. The van der Waals surface area contributed by atoms with Gasteiger partial charge in [0.2, 0.25) is 5.91 Å². The van der Waals surface area contributed by atoms with Gasteiger partial charge in [-0.1, -0.05) is 0 Å². The maximum absolute atomic E-state index is 13.3. The minimum absolute atomic E-state index is 0.00243. The Kier molecular flexibility index (Phi) is 4.59. The number of carbonyl (C=O) groups is 2. The molecule has 1 saturated heterocycles. The number of carbonyl (C=O) groups excluding carboxylic acids is 2. The molecule has 0 atom stereocenters. The predicted molar refractivity (Wildman–Crippen MR) is 83.3 cm³/mol. The van der Waals surface area contributed by atoms with Crippen LogP contribution < -0.4 is 0 Å². The third-order valence-electron chi connectivity index (χ3n) is 4.09. The van der Waals surface area contributed by atoms with Gasteiger partial charge >= 0.3 is 0 Å². The summed E-state index contributed by atoms with van der Waals surface area (Å²) in [4.78, 5) is 30.8. The minimum Gasteiger partial charge on any atom is -0.365 e. The van der Waals surface area contributed by atoms with Crippen molar-refractivity contribution in [1.29, 1.82) is 0 Å². The number of aromatic nitrogens is 1. The zero-order valence-corrected chi connectivity index (χ0v) is 13.0. The summed E-state index contributed by atoms with van der Waals surface area (Å²) in [6, 6.07) is 6.80. The third kappa shape index (κ3) is 3.45. The minimum atomic E-state index is -1.04. The number of rotatable bonds is 3. The molecule has 1 aromatic carbocycles. The van der Waals surface area contributed by atoms with E-state index in [1.165, 1.54) is 6.07 Å². The van der Waals surface area contributed by atoms with Crippen molar-refractivity contribution in [2.45, 2.75) is 6.42 Å². The largest absolute Gasteiger partial charge is 0.365 e. The average Bonchev–Trinajstić information content (AvgIpc) is 3.10. The Morgan fingerprint density at radius 3 is 2.33 bits per heavy atom. The highest BCUT2D eigenvalue weighted by Gasteiger charge is 2.25. The number of H-pyrrole nitrogens is 1. The molecule has 0 unspecified atom stereocenters. The molecule has 1 N–H and O–H groups in total. The van der Waals surface area contributed by atoms with Gasteiger partial charge in [-0.3, -0.25) is 9.59 Å². The summed E-state index contributed by atoms with van der Waals surface area (Å²) in [6.45, 7) is 1.59.